The Balaban J connectivity index is 1.49. The van der Waals surface area contributed by atoms with E-state index in [1.807, 2.05) is 65.3 Å². The number of urea groups is 1. The second-order valence-corrected chi connectivity index (χ2v) is 7.54. The summed E-state index contributed by atoms with van der Waals surface area (Å²) in [5, 5.41) is 14.4. The van der Waals surface area contributed by atoms with Gasteiger partial charge in [-0.15, -0.1) is 0 Å². The summed E-state index contributed by atoms with van der Waals surface area (Å²) >= 11 is 0. The van der Waals surface area contributed by atoms with Crippen LogP contribution in [0.4, 0.5) is 16.3 Å². The summed E-state index contributed by atoms with van der Waals surface area (Å²) in [5.74, 6) is 1.71. The van der Waals surface area contributed by atoms with Crippen LogP contribution in [-0.4, -0.2) is 38.9 Å². The van der Waals surface area contributed by atoms with Crippen molar-refractivity contribution in [2.45, 2.75) is 26.2 Å². The molecule has 2 amide bonds. The Hall–Kier alpha value is -3.94. The molecule has 2 aromatic carbocycles. The van der Waals surface area contributed by atoms with Crippen molar-refractivity contribution in [3.8, 4) is 5.69 Å². The van der Waals surface area contributed by atoms with E-state index in [9.17, 15) is 4.79 Å². The zero-order valence-corrected chi connectivity index (χ0v) is 18.2. The van der Waals surface area contributed by atoms with Crippen molar-refractivity contribution in [3.63, 3.8) is 0 Å². The minimum absolute atomic E-state index is 0.217. The summed E-state index contributed by atoms with van der Waals surface area (Å²) in [4.78, 5) is 21.7. The lowest BCUT2D eigenvalue weighted by atomic mass is 10.1. The molecule has 8 nitrogen and oxygen atoms in total. The molecule has 32 heavy (non-hydrogen) atoms. The largest absolute Gasteiger partial charge is 0.368 e. The molecule has 4 aromatic rings. The van der Waals surface area contributed by atoms with Crippen LogP contribution in [0.1, 0.15) is 32.0 Å². The monoisotopic (exact) mass is 429 g/mol. The molecule has 8 heteroatoms. The maximum absolute atomic E-state index is 12.1. The van der Waals surface area contributed by atoms with Crippen molar-refractivity contribution in [2.24, 2.45) is 0 Å². The van der Waals surface area contributed by atoms with Crippen LogP contribution in [0.5, 0.6) is 0 Å². The van der Waals surface area contributed by atoms with Gasteiger partial charge >= 0.3 is 6.03 Å². The number of amides is 2. The number of para-hydroxylation sites is 2. The lowest BCUT2D eigenvalue weighted by Crippen LogP contribution is -2.32. The van der Waals surface area contributed by atoms with Crippen molar-refractivity contribution in [1.82, 2.24) is 25.1 Å². The van der Waals surface area contributed by atoms with Crippen molar-refractivity contribution < 1.29 is 4.79 Å². The van der Waals surface area contributed by atoms with Crippen molar-refractivity contribution in [3.05, 3.63) is 72.7 Å². The highest BCUT2D eigenvalue weighted by Gasteiger charge is 2.16. The lowest BCUT2D eigenvalue weighted by Gasteiger charge is -2.13. The first kappa shape index (κ1) is 21.3. The van der Waals surface area contributed by atoms with Crippen LogP contribution in [0.15, 0.2) is 66.9 Å². The summed E-state index contributed by atoms with van der Waals surface area (Å²) in [6.45, 7) is 5.19. The molecule has 0 bridgehead atoms. The Morgan fingerprint density at radius 3 is 2.44 bits per heavy atom. The lowest BCUT2D eigenvalue weighted by molar-refractivity contribution is 0.252. The number of nitrogens with one attached hydrogen (secondary N) is 3. The van der Waals surface area contributed by atoms with Crippen LogP contribution in [0.2, 0.25) is 0 Å². The van der Waals surface area contributed by atoms with Gasteiger partial charge in [0.2, 0.25) is 0 Å². The highest BCUT2D eigenvalue weighted by Crippen LogP contribution is 2.26. The number of benzene rings is 2. The predicted molar refractivity (Wildman–Crippen MR) is 127 cm³/mol. The second-order valence-electron chi connectivity index (χ2n) is 7.54. The first-order chi connectivity index (χ1) is 15.7. The Morgan fingerprint density at radius 2 is 1.72 bits per heavy atom. The summed E-state index contributed by atoms with van der Waals surface area (Å²) in [5.41, 5.74) is 2.46. The topological polar surface area (TPSA) is 96.8 Å². The number of fused-ring (bicyclic) bond motifs is 1. The molecule has 0 saturated heterocycles. The maximum Gasteiger partial charge on any atom is 0.319 e. The number of hydrogen-bond acceptors (Lipinski definition) is 5. The molecule has 1 atom stereocenters. The third-order valence-electron chi connectivity index (χ3n) is 5.23. The van der Waals surface area contributed by atoms with Gasteiger partial charge in [0, 0.05) is 24.7 Å². The Labute approximate surface area is 187 Å². The number of rotatable bonds is 8. The predicted octanol–water partition coefficient (Wildman–Crippen LogP) is 4.56. The maximum atomic E-state index is 12.1. The number of carbonyl (C=O) groups is 1. The van der Waals surface area contributed by atoms with E-state index in [2.05, 4.69) is 34.9 Å². The fourth-order valence-electron chi connectivity index (χ4n) is 3.27. The van der Waals surface area contributed by atoms with E-state index in [0.29, 0.717) is 13.1 Å². The number of nitrogens with zero attached hydrogens (tertiary/aromatic N) is 4. The fraction of sp³-hybridized carbons (Fsp3) is 0.250. The molecule has 0 fully saturated rings. The normalized spacial score (nSPS) is 11.8. The van der Waals surface area contributed by atoms with Gasteiger partial charge in [0.1, 0.15) is 11.6 Å². The summed E-state index contributed by atoms with van der Waals surface area (Å²) in [7, 11) is 0. The molecule has 0 radical (unpaired) electrons. The molecular formula is C24H27N7O. The molecule has 3 N–H and O–H groups in total. The van der Waals surface area contributed by atoms with Gasteiger partial charge in [-0.25, -0.2) is 19.4 Å². The van der Waals surface area contributed by atoms with Crippen molar-refractivity contribution in [2.75, 3.05) is 23.7 Å². The van der Waals surface area contributed by atoms with Gasteiger partial charge in [-0.2, -0.15) is 5.10 Å². The molecule has 0 spiro atoms. The third kappa shape index (κ3) is 4.85. The summed E-state index contributed by atoms with van der Waals surface area (Å²) < 4.78 is 1.83. The minimum atomic E-state index is -0.247. The highest BCUT2D eigenvalue weighted by molar-refractivity contribution is 5.89. The number of anilines is 2. The Morgan fingerprint density at radius 1 is 1.00 bits per heavy atom. The van der Waals surface area contributed by atoms with E-state index in [-0.39, 0.29) is 11.9 Å². The minimum Gasteiger partial charge on any atom is -0.368 e. The molecule has 2 aromatic heterocycles. The number of aromatic nitrogens is 4. The van der Waals surface area contributed by atoms with Gasteiger partial charge in [-0.3, -0.25) is 0 Å². The zero-order chi connectivity index (χ0) is 22.3. The number of carbonyl (C=O) groups excluding carboxylic acids is 1. The molecule has 2 heterocycles. The van der Waals surface area contributed by atoms with Crippen molar-refractivity contribution >= 4 is 28.6 Å². The summed E-state index contributed by atoms with van der Waals surface area (Å²) in [6.07, 6.45) is 2.71. The van der Waals surface area contributed by atoms with Gasteiger partial charge in [0.25, 0.3) is 0 Å². The summed E-state index contributed by atoms with van der Waals surface area (Å²) in [6, 6.07) is 19.0. The first-order valence-corrected chi connectivity index (χ1v) is 10.8. The Kier molecular flexibility index (Phi) is 6.60. The van der Waals surface area contributed by atoms with Crippen LogP contribution in [0.3, 0.4) is 0 Å². The van der Waals surface area contributed by atoms with Crippen molar-refractivity contribution in [1.29, 1.82) is 0 Å². The quantitative estimate of drug-likeness (QED) is 0.357. The van der Waals surface area contributed by atoms with E-state index in [0.717, 1.165) is 40.5 Å². The molecule has 1 unspecified atom stereocenters. The molecule has 0 aliphatic heterocycles. The molecular weight excluding hydrogens is 402 g/mol. The van der Waals surface area contributed by atoms with E-state index >= 15 is 0 Å². The number of hydrogen-bond donors (Lipinski definition) is 3. The average molecular weight is 430 g/mol. The van der Waals surface area contributed by atoms with Crippen LogP contribution < -0.4 is 16.0 Å². The van der Waals surface area contributed by atoms with E-state index in [1.165, 1.54) is 0 Å². The van der Waals surface area contributed by atoms with Gasteiger partial charge in [0.15, 0.2) is 5.65 Å². The smallest absolute Gasteiger partial charge is 0.319 e. The molecule has 0 aliphatic rings. The van der Waals surface area contributed by atoms with Crippen LogP contribution in [0.25, 0.3) is 16.7 Å². The van der Waals surface area contributed by atoms with Gasteiger partial charge in [0.05, 0.1) is 17.3 Å². The van der Waals surface area contributed by atoms with E-state index in [1.54, 1.807) is 6.20 Å². The fourth-order valence-corrected chi connectivity index (χ4v) is 3.27. The zero-order valence-electron chi connectivity index (χ0n) is 18.2. The van der Waals surface area contributed by atoms with Gasteiger partial charge in [-0.05, 0) is 30.7 Å². The highest BCUT2D eigenvalue weighted by atomic mass is 16.2. The van der Waals surface area contributed by atoms with E-state index in [4.69, 9.17) is 9.97 Å². The third-order valence-corrected chi connectivity index (χ3v) is 5.23. The van der Waals surface area contributed by atoms with Gasteiger partial charge < -0.3 is 16.0 Å². The van der Waals surface area contributed by atoms with Crippen LogP contribution in [0, 0.1) is 0 Å². The van der Waals surface area contributed by atoms with E-state index < -0.39 is 0 Å². The SMILES string of the molecule is CCC(C)c1nc(NCCNC(=O)Nc2ccccc2)c2cnn(-c3ccccc3)c2n1. The molecule has 4 rings (SSSR count). The molecule has 164 valence electrons. The molecule has 0 saturated carbocycles. The standard InChI is InChI=1S/C24H27N7O/c1-3-17(2)21-29-22(25-14-15-26-24(32)28-18-10-6-4-7-11-18)20-16-27-31(23(20)30-21)19-12-8-5-9-13-19/h4-13,16-17H,3,14-15H2,1-2H3,(H,25,29,30)(H2,26,28,32). The average Bonchev–Trinajstić information content (AvgIpc) is 3.26. The second kappa shape index (κ2) is 9.91. The van der Waals surface area contributed by atoms with Gasteiger partial charge in [-0.1, -0.05) is 50.2 Å². The van der Waals surface area contributed by atoms with Crippen LogP contribution >= 0.6 is 0 Å². The van der Waals surface area contributed by atoms with Crippen LogP contribution in [-0.2, 0) is 0 Å². The molecule has 0 aliphatic carbocycles. The Bertz CT molecular complexity index is 1180. The first-order valence-electron chi connectivity index (χ1n) is 10.8.